The van der Waals surface area contributed by atoms with Crippen LogP contribution in [0.5, 0.6) is 5.75 Å². The molecule has 2 aliphatic heterocycles. The van der Waals surface area contributed by atoms with E-state index in [-0.39, 0.29) is 19.1 Å². The van der Waals surface area contributed by atoms with Crippen molar-refractivity contribution in [2.75, 3.05) is 33.3 Å². The molecule has 3 aromatic rings. The molecule has 5 heterocycles. The van der Waals surface area contributed by atoms with Gasteiger partial charge in [0.05, 0.1) is 25.0 Å². The number of aryl methyl sites for hydroxylation is 1. The standard InChI is InChI=1S/C21H23FN8O2/c1-13-18(14-7-17(32-2)19-15(8-23)9-25-29(19)10-14)27-30(26-13)16-3-5-28(6-4-16)20(31)21(22)11-24-12-21/h7,9-10,16,24H,3-6,11-12H2,1-2H3. The maximum absolute atomic E-state index is 14.4. The maximum atomic E-state index is 14.4. The monoisotopic (exact) mass is 438 g/mol. The summed E-state index contributed by atoms with van der Waals surface area (Å²) >= 11 is 0. The quantitative estimate of drug-likeness (QED) is 0.652. The van der Waals surface area contributed by atoms with Crippen LogP contribution in [0.15, 0.2) is 18.5 Å². The predicted molar refractivity (Wildman–Crippen MR) is 112 cm³/mol. The van der Waals surface area contributed by atoms with Gasteiger partial charge in [0, 0.05) is 37.9 Å². The fourth-order valence-electron chi connectivity index (χ4n) is 4.36. The SMILES string of the molecule is COc1cc(-c2nn(C3CCN(C(=O)C4(F)CNC4)CC3)nc2C)cn2ncc(C#N)c12. The number of rotatable bonds is 4. The molecule has 166 valence electrons. The number of ether oxygens (including phenoxy) is 1. The Hall–Kier alpha value is -3.52. The summed E-state index contributed by atoms with van der Waals surface area (Å²) in [6, 6.07) is 3.98. The highest BCUT2D eigenvalue weighted by molar-refractivity contribution is 5.87. The third kappa shape index (κ3) is 3.18. The average Bonchev–Trinajstić information content (AvgIpc) is 3.39. The molecule has 0 atom stereocenters. The lowest BCUT2D eigenvalue weighted by atomic mass is 9.95. The summed E-state index contributed by atoms with van der Waals surface area (Å²) in [6.07, 6.45) is 4.63. The molecule has 11 heteroatoms. The van der Waals surface area contributed by atoms with Crippen LogP contribution < -0.4 is 10.1 Å². The van der Waals surface area contributed by atoms with E-state index in [2.05, 4.69) is 21.6 Å². The highest BCUT2D eigenvalue weighted by Gasteiger charge is 2.47. The van der Waals surface area contributed by atoms with Crippen molar-refractivity contribution >= 4 is 11.4 Å². The second-order valence-corrected chi connectivity index (χ2v) is 8.31. The van der Waals surface area contributed by atoms with E-state index in [1.807, 2.05) is 13.0 Å². The van der Waals surface area contributed by atoms with Gasteiger partial charge in [-0.05, 0) is 25.8 Å². The molecule has 3 aromatic heterocycles. The van der Waals surface area contributed by atoms with E-state index >= 15 is 0 Å². The highest BCUT2D eigenvalue weighted by atomic mass is 19.1. The minimum atomic E-state index is -1.75. The number of nitrogens with zero attached hydrogens (tertiary/aromatic N) is 7. The molecule has 2 saturated heterocycles. The molecule has 1 N–H and O–H groups in total. The molecule has 0 spiro atoms. The molecule has 0 aromatic carbocycles. The van der Waals surface area contributed by atoms with Gasteiger partial charge in [-0.1, -0.05) is 0 Å². The smallest absolute Gasteiger partial charge is 0.262 e. The van der Waals surface area contributed by atoms with Gasteiger partial charge in [0.2, 0.25) is 5.67 Å². The summed E-state index contributed by atoms with van der Waals surface area (Å²) in [7, 11) is 1.55. The fourth-order valence-corrected chi connectivity index (χ4v) is 4.36. The lowest BCUT2D eigenvalue weighted by Crippen LogP contribution is -2.65. The molecule has 0 radical (unpaired) electrons. The zero-order chi connectivity index (χ0) is 22.5. The predicted octanol–water partition coefficient (Wildman–Crippen LogP) is 1.26. The Bertz CT molecular complexity index is 1230. The molecule has 1 amide bonds. The number of aromatic nitrogens is 5. The fraction of sp³-hybridized carbons (Fsp3) is 0.476. The molecular formula is C21H23FN8O2. The van der Waals surface area contributed by atoms with Gasteiger partial charge in [-0.15, -0.1) is 0 Å². The summed E-state index contributed by atoms with van der Waals surface area (Å²) in [6.45, 7) is 3.03. The van der Waals surface area contributed by atoms with E-state index in [1.54, 1.807) is 27.5 Å². The average molecular weight is 438 g/mol. The van der Waals surface area contributed by atoms with Crippen LogP contribution in [0, 0.1) is 18.3 Å². The van der Waals surface area contributed by atoms with Gasteiger partial charge in [0.25, 0.3) is 5.91 Å². The topological polar surface area (TPSA) is 113 Å². The molecule has 2 fully saturated rings. The van der Waals surface area contributed by atoms with Crippen molar-refractivity contribution in [3.63, 3.8) is 0 Å². The number of hydrogen-bond acceptors (Lipinski definition) is 7. The number of nitrogens with one attached hydrogen (secondary N) is 1. The van der Waals surface area contributed by atoms with Crippen molar-refractivity contribution in [3.8, 4) is 23.1 Å². The van der Waals surface area contributed by atoms with Gasteiger partial charge in [0.15, 0.2) is 0 Å². The molecular weight excluding hydrogens is 415 g/mol. The molecule has 10 nitrogen and oxygen atoms in total. The summed E-state index contributed by atoms with van der Waals surface area (Å²) in [5.74, 6) is 0.110. The third-order valence-corrected chi connectivity index (χ3v) is 6.26. The largest absolute Gasteiger partial charge is 0.494 e. The minimum Gasteiger partial charge on any atom is -0.494 e. The molecule has 2 aliphatic rings. The Labute approximate surface area is 183 Å². The number of piperidine rings is 1. The first kappa shape index (κ1) is 20.4. The first-order chi connectivity index (χ1) is 15.4. The number of hydrogen-bond donors (Lipinski definition) is 1. The van der Waals surface area contributed by atoms with Crippen LogP contribution in [0.25, 0.3) is 16.8 Å². The minimum absolute atomic E-state index is 0.0297. The zero-order valence-electron chi connectivity index (χ0n) is 17.9. The third-order valence-electron chi connectivity index (χ3n) is 6.26. The molecule has 0 saturated carbocycles. The van der Waals surface area contributed by atoms with Crippen molar-refractivity contribution in [2.24, 2.45) is 0 Å². The zero-order valence-corrected chi connectivity index (χ0v) is 17.9. The number of carbonyl (C=O) groups is 1. The van der Waals surface area contributed by atoms with Gasteiger partial charge in [-0.25, -0.2) is 8.91 Å². The summed E-state index contributed by atoms with van der Waals surface area (Å²) in [5.41, 5.74) is 1.50. The van der Waals surface area contributed by atoms with E-state index in [0.29, 0.717) is 48.5 Å². The van der Waals surface area contributed by atoms with Crippen LogP contribution in [-0.2, 0) is 4.79 Å². The van der Waals surface area contributed by atoms with Crippen LogP contribution in [0.1, 0.15) is 30.1 Å². The number of methoxy groups -OCH3 is 1. The van der Waals surface area contributed by atoms with Gasteiger partial charge < -0.3 is 15.0 Å². The molecule has 0 aliphatic carbocycles. The first-order valence-electron chi connectivity index (χ1n) is 10.5. The molecule has 5 rings (SSSR count). The van der Waals surface area contributed by atoms with E-state index in [9.17, 15) is 14.4 Å². The number of amides is 1. The van der Waals surface area contributed by atoms with Crippen LogP contribution in [0.2, 0.25) is 0 Å². The lowest BCUT2D eigenvalue weighted by Gasteiger charge is -2.40. The summed E-state index contributed by atoms with van der Waals surface area (Å²) in [4.78, 5) is 15.7. The van der Waals surface area contributed by atoms with E-state index in [4.69, 9.17) is 9.84 Å². The number of pyridine rings is 1. The van der Waals surface area contributed by atoms with Crippen molar-refractivity contribution in [1.82, 2.24) is 34.8 Å². The number of fused-ring (bicyclic) bond motifs is 1. The number of likely N-dealkylation sites (tertiary alicyclic amines) is 1. The molecule has 0 bridgehead atoms. The Morgan fingerprint density at radius 2 is 2.09 bits per heavy atom. The van der Waals surface area contributed by atoms with Gasteiger partial charge >= 0.3 is 0 Å². The highest BCUT2D eigenvalue weighted by Crippen LogP contribution is 2.31. The van der Waals surface area contributed by atoms with Crippen molar-refractivity contribution in [2.45, 2.75) is 31.5 Å². The second-order valence-electron chi connectivity index (χ2n) is 8.31. The van der Waals surface area contributed by atoms with Crippen molar-refractivity contribution in [1.29, 1.82) is 5.26 Å². The Morgan fingerprint density at radius 3 is 2.72 bits per heavy atom. The van der Waals surface area contributed by atoms with Crippen LogP contribution in [0.3, 0.4) is 0 Å². The maximum Gasteiger partial charge on any atom is 0.262 e. The Kier molecular flexibility index (Phi) is 4.82. The Morgan fingerprint density at radius 1 is 1.34 bits per heavy atom. The van der Waals surface area contributed by atoms with Crippen LogP contribution in [-0.4, -0.2) is 74.4 Å². The first-order valence-corrected chi connectivity index (χ1v) is 10.5. The number of alkyl halides is 1. The van der Waals surface area contributed by atoms with E-state index in [1.165, 1.54) is 6.20 Å². The number of nitriles is 1. The molecule has 0 unspecified atom stereocenters. The van der Waals surface area contributed by atoms with Crippen molar-refractivity contribution in [3.05, 3.63) is 29.7 Å². The Balaban J connectivity index is 1.37. The number of halogens is 1. The second kappa shape index (κ2) is 7.56. The summed E-state index contributed by atoms with van der Waals surface area (Å²) < 4.78 is 21.5. The van der Waals surface area contributed by atoms with Gasteiger partial charge in [-0.3, -0.25) is 4.79 Å². The lowest BCUT2D eigenvalue weighted by molar-refractivity contribution is -0.148. The van der Waals surface area contributed by atoms with E-state index in [0.717, 1.165) is 11.3 Å². The molecule has 32 heavy (non-hydrogen) atoms. The van der Waals surface area contributed by atoms with Crippen molar-refractivity contribution < 1.29 is 13.9 Å². The number of carbonyl (C=O) groups excluding carboxylic acids is 1. The summed E-state index contributed by atoms with van der Waals surface area (Å²) in [5, 5.41) is 25.7. The van der Waals surface area contributed by atoms with Gasteiger partial charge in [-0.2, -0.15) is 25.4 Å². The van der Waals surface area contributed by atoms with Crippen LogP contribution >= 0.6 is 0 Å². The van der Waals surface area contributed by atoms with E-state index < -0.39 is 11.6 Å². The normalized spacial score (nSPS) is 18.4. The van der Waals surface area contributed by atoms with Gasteiger partial charge in [0.1, 0.15) is 28.6 Å². The van der Waals surface area contributed by atoms with Crippen LogP contribution in [0.4, 0.5) is 4.39 Å².